The van der Waals surface area contributed by atoms with E-state index in [1.54, 1.807) is 37.1 Å². The molecule has 3 aromatic heterocycles. The third kappa shape index (κ3) is 2.70. The first-order valence-corrected chi connectivity index (χ1v) is 9.88. The maximum absolute atomic E-state index is 14.5. The number of fused-ring (bicyclic) bond motifs is 2. The third-order valence-electron chi connectivity index (χ3n) is 5.05. The van der Waals surface area contributed by atoms with E-state index in [1.807, 2.05) is 6.07 Å². The predicted molar refractivity (Wildman–Crippen MR) is 106 cm³/mol. The van der Waals surface area contributed by atoms with Gasteiger partial charge in [-0.3, -0.25) is 14.8 Å². The van der Waals surface area contributed by atoms with Gasteiger partial charge in [-0.05, 0) is 25.3 Å². The van der Waals surface area contributed by atoms with Crippen LogP contribution in [-0.4, -0.2) is 30.2 Å². The summed E-state index contributed by atoms with van der Waals surface area (Å²) in [5.41, 5.74) is 2.44. The first-order chi connectivity index (χ1) is 13.6. The zero-order valence-electron chi connectivity index (χ0n) is 15.1. The average Bonchev–Trinajstić information content (AvgIpc) is 3.44. The molecule has 4 heterocycles. The molecule has 7 nitrogen and oxygen atoms in total. The van der Waals surface area contributed by atoms with Gasteiger partial charge in [0.15, 0.2) is 17.0 Å². The van der Waals surface area contributed by atoms with Gasteiger partial charge in [-0.15, -0.1) is 11.3 Å². The number of rotatable bonds is 4. The van der Waals surface area contributed by atoms with E-state index in [9.17, 15) is 9.18 Å². The Morgan fingerprint density at radius 3 is 3.11 bits per heavy atom. The zero-order chi connectivity index (χ0) is 19.3. The van der Waals surface area contributed by atoms with Gasteiger partial charge in [0.25, 0.3) is 5.91 Å². The minimum atomic E-state index is -0.801. The molecule has 28 heavy (non-hydrogen) atoms. The molecule has 4 aromatic rings. The normalized spacial score (nSPS) is 14.4. The molecule has 0 radical (unpaired) electrons. The topological polar surface area (TPSA) is 77.6 Å². The van der Waals surface area contributed by atoms with Crippen molar-refractivity contribution < 1.29 is 10.6 Å². The van der Waals surface area contributed by atoms with Crippen molar-refractivity contribution in [1.82, 2.24) is 24.3 Å². The maximum Gasteiger partial charge on any atom is 0.257 e. The molecule has 1 aliphatic rings. The number of thiazole rings is 1. The van der Waals surface area contributed by atoms with Gasteiger partial charge in [0, 0.05) is 36.8 Å². The highest BCUT2D eigenvalue weighted by Gasteiger charge is 2.32. The van der Waals surface area contributed by atoms with Gasteiger partial charge in [-0.25, -0.2) is 14.4 Å². The molecule has 1 amide bonds. The number of aryl methyl sites for hydroxylation is 2. The largest absolute Gasteiger partial charge is 0.334 e. The van der Waals surface area contributed by atoms with Crippen LogP contribution in [0.25, 0.3) is 10.9 Å². The SMILES string of the molecule is Cc1ccc2cn(C(C(=O)Nc3nccs3)c3ncn4c3CCC4)nc2c1F.[HH]. The van der Waals surface area contributed by atoms with Crippen LogP contribution in [0.5, 0.6) is 0 Å². The Kier molecular flexibility index (Phi) is 3.97. The molecule has 0 bridgehead atoms. The van der Waals surface area contributed by atoms with Gasteiger partial charge < -0.3 is 4.57 Å². The van der Waals surface area contributed by atoms with E-state index in [0.29, 0.717) is 21.8 Å². The first kappa shape index (κ1) is 17.1. The highest BCUT2D eigenvalue weighted by atomic mass is 32.1. The smallest absolute Gasteiger partial charge is 0.257 e. The highest BCUT2D eigenvalue weighted by molar-refractivity contribution is 7.13. The minimum absolute atomic E-state index is 0. The number of nitrogens with one attached hydrogen (secondary N) is 1. The van der Waals surface area contributed by atoms with Crippen molar-refractivity contribution in [3.8, 4) is 0 Å². The molecule has 9 heteroatoms. The molecule has 0 spiro atoms. The van der Waals surface area contributed by atoms with Gasteiger partial charge in [0.05, 0.1) is 12.0 Å². The van der Waals surface area contributed by atoms with Crippen LogP contribution in [0, 0.1) is 12.7 Å². The summed E-state index contributed by atoms with van der Waals surface area (Å²) in [7, 11) is 0. The van der Waals surface area contributed by atoms with Crippen molar-refractivity contribution in [2.24, 2.45) is 0 Å². The summed E-state index contributed by atoms with van der Waals surface area (Å²) in [6, 6.07) is 2.72. The Morgan fingerprint density at radius 2 is 2.29 bits per heavy atom. The van der Waals surface area contributed by atoms with E-state index in [-0.39, 0.29) is 18.7 Å². The molecule has 1 unspecified atom stereocenters. The molecule has 0 aliphatic carbocycles. The summed E-state index contributed by atoms with van der Waals surface area (Å²) < 4.78 is 18.1. The summed E-state index contributed by atoms with van der Waals surface area (Å²) >= 11 is 1.34. The van der Waals surface area contributed by atoms with Crippen LogP contribution in [0.4, 0.5) is 9.52 Å². The minimum Gasteiger partial charge on any atom is -0.334 e. The Bertz CT molecular complexity index is 1190. The summed E-state index contributed by atoms with van der Waals surface area (Å²) in [6.07, 6.45) is 6.95. The molecule has 0 fully saturated rings. The lowest BCUT2D eigenvalue weighted by molar-refractivity contribution is -0.118. The second-order valence-corrected chi connectivity index (χ2v) is 7.74. The van der Waals surface area contributed by atoms with Gasteiger partial charge in [-0.2, -0.15) is 5.10 Å². The van der Waals surface area contributed by atoms with Gasteiger partial charge in [0.2, 0.25) is 0 Å². The van der Waals surface area contributed by atoms with Crippen LogP contribution in [0.15, 0.2) is 36.2 Å². The van der Waals surface area contributed by atoms with Crippen LogP contribution in [0.2, 0.25) is 0 Å². The molecule has 0 saturated carbocycles. The standard InChI is InChI=1S/C19H17FN6OS.H2/c1-11-4-5-12-9-26(24-15(12)14(11)20)17(18(27)23-19-21-6-8-28-19)16-13-3-2-7-25(13)10-22-16;/h4-6,8-10,17H,2-3,7H2,1H3,(H,21,23,27);1H. The Labute approximate surface area is 165 Å². The molecule has 1 aliphatic heterocycles. The lowest BCUT2D eigenvalue weighted by Crippen LogP contribution is -2.28. The Morgan fingerprint density at radius 1 is 1.39 bits per heavy atom. The van der Waals surface area contributed by atoms with E-state index in [0.717, 1.165) is 25.1 Å². The van der Waals surface area contributed by atoms with Crippen molar-refractivity contribution in [3.63, 3.8) is 0 Å². The number of hydrogen-bond donors (Lipinski definition) is 1. The second-order valence-electron chi connectivity index (χ2n) is 6.85. The van der Waals surface area contributed by atoms with E-state index in [4.69, 9.17) is 0 Å². The summed E-state index contributed by atoms with van der Waals surface area (Å²) in [5.74, 6) is -0.668. The second kappa shape index (κ2) is 6.52. The molecular weight excluding hydrogens is 379 g/mol. The fraction of sp³-hybridized carbons (Fsp3) is 0.263. The Balaban J connectivity index is 0.00000205. The maximum atomic E-state index is 14.5. The first-order valence-electron chi connectivity index (χ1n) is 9.00. The van der Waals surface area contributed by atoms with Crippen molar-refractivity contribution >= 4 is 33.3 Å². The van der Waals surface area contributed by atoms with Crippen LogP contribution in [0.3, 0.4) is 0 Å². The molecule has 144 valence electrons. The number of anilines is 1. The summed E-state index contributed by atoms with van der Waals surface area (Å²) in [5, 5.41) is 10.2. The van der Waals surface area contributed by atoms with Gasteiger partial charge in [0.1, 0.15) is 5.52 Å². The molecular formula is C19H19FN6OS. The number of aromatic nitrogens is 5. The number of amides is 1. The van der Waals surface area contributed by atoms with Crippen molar-refractivity contribution in [3.05, 3.63) is 59.0 Å². The summed E-state index contributed by atoms with van der Waals surface area (Å²) in [4.78, 5) is 21.8. The number of benzene rings is 1. The molecule has 5 rings (SSSR count). The molecule has 1 aromatic carbocycles. The highest BCUT2D eigenvalue weighted by Crippen LogP contribution is 2.29. The summed E-state index contributed by atoms with van der Waals surface area (Å²) in [6.45, 7) is 2.58. The lowest BCUT2D eigenvalue weighted by atomic mass is 10.1. The average molecular weight is 398 g/mol. The molecule has 1 N–H and O–H groups in total. The quantitative estimate of drug-likeness (QED) is 0.570. The number of halogens is 1. The van der Waals surface area contributed by atoms with Gasteiger partial charge in [-0.1, -0.05) is 12.1 Å². The Hall–Kier alpha value is -3.07. The fourth-order valence-electron chi connectivity index (χ4n) is 3.67. The van der Waals surface area contributed by atoms with Crippen LogP contribution in [0.1, 0.15) is 30.8 Å². The van der Waals surface area contributed by atoms with Crippen molar-refractivity contribution in [1.29, 1.82) is 0 Å². The van der Waals surface area contributed by atoms with Crippen molar-refractivity contribution in [2.45, 2.75) is 32.4 Å². The predicted octanol–water partition coefficient (Wildman–Crippen LogP) is 3.56. The fourth-order valence-corrected chi connectivity index (χ4v) is 4.20. The third-order valence-corrected chi connectivity index (χ3v) is 5.74. The van der Waals surface area contributed by atoms with Crippen molar-refractivity contribution in [2.75, 3.05) is 5.32 Å². The van der Waals surface area contributed by atoms with E-state index >= 15 is 0 Å². The van der Waals surface area contributed by atoms with Crippen LogP contribution >= 0.6 is 11.3 Å². The molecule has 0 saturated heterocycles. The van der Waals surface area contributed by atoms with Crippen LogP contribution < -0.4 is 5.32 Å². The van der Waals surface area contributed by atoms with Gasteiger partial charge >= 0.3 is 0 Å². The number of nitrogens with zero attached hydrogens (tertiary/aromatic N) is 5. The van der Waals surface area contributed by atoms with E-state index in [2.05, 4.69) is 25.0 Å². The lowest BCUT2D eigenvalue weighted by Gasteiger charge is -2.16. The monoisotopic (exact) mass is 398 g/mol. The number of imidazole rings is 1. The number of carbonyl (C=O) groups is 1. The number of carbonyl (C=O) groups excluding carboxylic acids is 1. The zero-order valence-corrected chi connectivity index (χ0v) is 15.9. The number of hydrogen-bond acceptors (Lipinski definition) is 5. The van der Waals surface area contributed by atoms with E-state index in [1.165, 1.54) is 16.0 Å². The van der Waals surface area contributed by atoms with E-state index < -0.39 is 6.04 Å². The molecule has 1 atom stereocenters. The van der Waals surface area contributed by atoms with Crippen LogP contribution in [-0.2, 0) is 17.8 Å².